The average Bonchev–Trinajstić information content (AvgIpc) is 2.86. The molecule has 0 aliphatic carbocycles. The Morgan fingerprint density at radius 1 is 0.905 bits per heavy atom. The zero-order valence-electron chi connectivity index (χ0n) is 11.3. The molecule has 3 aromatic carbocycles. The Balaban J connectivity index is 1.85. The molecule has 3 heteroatoms. The van der Waals surface area contributed by atoms with Crippen LogP contribution in [0, 0.1) is 0 Å². The number of carbonyl (C=O) groups is 1. The van der Waals surface area contributed by atoms with Gasteiger partial charge >= 0.3 is 0 Å². The first kappa shape index (κ1) is 12.0. The quantitative estimate of drug-likeness (QED) is 0.735. The molecule has 0 bridgehead atoms. The summed E-state index contributed by atoms with van der Waals surface area (Å²) in [7, 11) is 0. The van der Waals surface area contributed by atoms with Gasteiger partial charge in [-0.1, -0.05) is 36.4 Å². The van der Waals surface area contributed by atoms with E-state index < -0.39 is 0 Å². The van der Waals surface area contributed by atoms with Crippen LogP contribution in [0.15, 0.2) is 60.7 Å². The number of aromatic hydroxyl groups is 1. The molecular weight excluding hydrogens is 262 g/mol. The summed E-state index contributed by atoms with van der Waals surface area (Å²) in [4.78, 5) is 14.5. The minimum atomic E-state index is 0.0208. The van der Waals surface area contributed by atoms with Crippen molar-refractivity contribution in [3.05, 3.63) is 71.8 Å². The molecule has 0 radical (unpaired) electrons. The third-order valence-electron chi connectivity index (χ3n) is 3.96. The smallest absolute Gasteiger partial charge is 0.259 e. The van der Waals surface area contributed by atoms with Crippen molar-refractivity contribution in [1.82, 2.24) is 0 Å². The van der Waals surface area contributed by atoms with Gasteiger partial charge in [0.05, 0.1) is 12.1 Å². The predicted molar refractivity (Wildman–Crippen MR) is 82.6 cm³/mol. The van der Waals surface area contributed by atoms with Gasteiger partial charge < -0.3 is 10.0 Å². The lowest BCUT2D eigenvalue weighted by Crippen LogP contribution is -2.22. The predicted octanol–water partition coefficient (Wildman–Crippen LogP) is 3.71. The van der Waals surface area contributed by atoms with E-state index in [1.54, 1.807) is 29.2 Å². The number of benzene rings is 3. The normalized spacial score (nSPS) is 13.7. The Hall–Kier alpha value is -2.81. The number of hydrogen-bond donors (Lipinski definition) is 1. The second-order valence-corrected chi connectivity index (χ2v) is 5.23. The number of anilines is 1. The van der Waals surface area contributed by atoms with Gasteiger partial charge in [0.15, 0.2) is 0 Å². The van der Waals surface area contributed by atoms with Gasteiger partial charge in [0.1, 0.15) is 5.75 Å². The molecule has 0 fully saturated rings. The molecule has 3 nitrogen and oxygen atoms in total. The van der Waals surface area contributed by atoms with Gasteiger partial charge in [-0.05, 0) is 40.6 Å². The van der Waals surface area contributed by atoms with E-state index in [0.717, 1.165) is 27.6 Å². The van der Waals surface area contributed by atoms with Crippen LogP contribution in [0.3, 0.4) is 0 Å². The maximum atomic E-state index is 12.8. The molecule has 1 heterocycles. The van der Waals surface area contributed by atoms with Crippen molar-refractivity contribution < 1.29 is 9.90 Å². The van der Waals surface area contributed by atoms with Crippen LogP contribution < -0.4 is 4.90 Å². The second-order valence-electron chi connectivity index (χ2n) is 5.23. The van der Waals surface area contributed by atoms with E-state index in [4.69, 9.17) is 0 Å². The van der Waals surface area contributed by atoms with Crippen molar-refractivity contribution >= 4 is 22.4 Å². The fraction of sp³-hybridized carbons (Fsp3) is 0.0556. The number of phenols is 1. The minimum absolute atomic E-state index is 0.0208. The molecule has 0 spiro atoms. The van der Waals surface area contributed by atoms with Gasteiger partial charge in [-0.15, -0.1) is 0 Å². The largest absolute Gasteiger partial charge is 0.508 e. The standard InChI is InChI=1S/C18H13NO2/c20-15-9-7-14(8-10-15)19-11-13-6-5-12-3-1-2-4-16(12)17(13)18(19)21/h1-10,20H,11H2. The molecule has 102 valence electrons. The number of hydrogen-bond acceptors (Lipinski definition) is 2. The van der Waals surface area contributed by atoms with Crippen LogP contribution in [0.5, 0.6) is 5.75 Å². The fourth-order valence-corrected chi connectivity index (χ4v) is 2.92. The van der Waals surface area contributed by atoms with Crippen molar-refractivity contribution in [2.75, 3.05) is 4.90 Å². The summed E-state index contributed by atoms with van der Waals surface area (Å²) in [6, 6.07) is 18.8. The molecule has 1 aliphatic heterocycles. The summed E-state index contributed by atoms with van der Waals surface area (Å²) < 4.78 is 0. The van der Waals surface area contributed by atoms with Crippen LogP contribution in [0.1, 0.15) is 15.9 Å². The maximum absolute atomic E-state index is 12.8. The van der Waals surface area contributed by atoms with Gasteiger partial charge in [-0.2, -0.15) is 0 Å². The Bertz CT molecular complexity index is 853. The number of fused-ring (bicyclic) bond motifs is 3. The topological polar surface area (TPSA) is 40.5 Å². The number of phenolic OH excluding ortho intramolecular Hbond substituents is 1. The molecule has 0 aromatic heterocycles. The number of amides is 1. The molecule has 0 unspecified atom stereocenters. The molecule has 0 atom stereocenters. The SMILES string of the molecule is O=C1c2c(ccc3ccccc23)CN1c1ccc(O)cc1. The van der Waals surface area contributed by atoms with E-state index in [0.29, 0.717) is 6.54 Å². The van der Waals surface area contributed by atoms with E-state index in [-0.39, 0.29) is 11.7 Å². The lowest BCUT2D eigenvalue weighted by atomic mass is 10.0. The van der Waals surface area contributed by atoms with Crippen LogP contribution >= 0.6 is 0 Å². The van der Waals surface area contributed by atoms with Crippen LogP contribution in [0.25, 0.3) is 10.8 Å². The number of carbonyl (C=O) groups excluding carboxylic acids is 1. The Kier molecular flexibility index (Phi) is 2.48. The molecule has 0 saturated heterocycles. The summed E-state index contributed by atoms with van der Waals surface area (Å²) in [6.07, 6.45) is 0. The van der Waals surface area contributed by atoms with Gasteiger partial charge in [-0.25, -0.2) is 0 Å². The highest BCUT2D eigenvalue weighted by atomic mass is 16.3. The highest BCUT2D eigenvalue weighted by molar-refractivity contribution is 6.17. The van der Waals surface area contributed by atoms with Crippen LogP contribution in [0.2, 0.25) is 0 Å². The molecule has 4 rings (SSSR count). The zero-order valence-corrected chi connectivity index (χ0v) is 11.3. The Morgan fingerprint density at radius 3 is 2.48 bits per heavy atom. The van der Waals surface area contributed by atoms with Gasteiger partial charge in [-0.3, -0.25) is 4.79 Å². The number of rotatable bonds is 1. The molecule has 1 N–H and O–H groups in total. The third-order valence-corrected chi connectivity index (χ3v) is 3.96. The van der Waals surface area contributed by atoms with E-state index in [1.165, 1.54) is 0 Å². The van der Waals surface area contributed by atoms with Crippen molar-refractivity contribution in [3.8, 4) is 5.75 Å². The van der Waals surface area contributed by atoms with Crippen LogP contribution in [0.4, 0.5) is 5.69 Å². The summed E-state index contributed by atoms with van der Waals surface area (Å²) in [5.74, 6) is 0.223. The van der Waals surface area contributed by atoms with Crippen molar-refractivity contribution in [2.24, 2.45) is 0 Å². The third kappa shape index (κ3) is 1.78. The summed E-state index contributed by atoms with van der Waals surface area (Å²) in [5, 5.41) is 11.5. The van der Waals surface area contributed by atoms with Gasteiger partial charge in [0, 0.05) is 5.69 Å². The first-order valence-corrected chi connectivity index (χ1v) is 6.85. The summed E-state index contributed by atoms with van der Waals surface area (Å²) >= 11 is 0. The molecular formula is C18H13NO2. The van der Waals surface area contributed by atoms with E-state index >= 15 is 0 Å². The lowest BCUT2D eigenvalue weighted by Gasteiger charge is -2.15. The Labute approximate surface area is 122 Å². The zero-order chi connectivity index (χ0) is 14.4. The molecule has 3 aromatic rings. The summed E-state index contributed by atoms with van der Waals surface area (Å²) in [6.45, 7) is 0.573. The average molecular weight is 275 g/mol. The van der Waals surface area contributed by atoms with Crippen molar-refractivity contribution in [3.63, 3.8) is 0 Å². The minimum Gasteiger partial charge on any atom is -0.508 e. The maximum Gasteiger partial charge on any atom is 0.259 e. The Morgan fingerprint density at radius 2 is 1.67 bits per heavy atom. The van der Waals surface area contributed by atoms with Crippen LogP contribution in [-0.2, 0) is 6.54 Å². The van der Waals surface area contributed by atoms with Crippen LogP contribution in [-0.4, -0.2) is 11.0 Å². The van der Waals surface area contributed by atoms with Crippen molar-refractivity contribution in [1.29, 1.82) is 0 Å². The van der Waals surface area contributed by atoms with E-state index in [2.05, 4.69) is 6.07 Å². The highest BCUT2D eigenvalue weighted by Crippen LogP contribution is 2.33. The molecule has 1 aliphatic rings. The van der Waals surface area contributed by atoms with Gasteiger partial charge in [0.25, 0.3) is 5.91 Å². The van der Waals surface area contributed by atoms with Gasteiger partial charge in [0.2, 0.25) is 0 Å². The number of nitrogens with zero attached hydrogens (tertiary/aromatic N) is 1. The molecule has 21 heavy (non-hydrogen) atoms. The summed E-state index contributed by atoms with van der Waals surface area (Å²) in [5.41, 5.74) is 2.64. The lowest BCUT2D eigenvalue weighted by molar-refractivity contribution is 0.0998. The second kappa shape index (κ2) is 4.35. The van der Waals surface area contributed by atoms with E-state index in [1.807, 2.05) is 30.3 Å². The first-order valence-electron chi connectivity index (χ1n) is 6.85. The molecule has 0 saturated carbocycles. The molecule has 1 amide bonds. The van der Waals surface area contributed by atoms with E-state index in [9.17, 15) is 9.90 Å². The monoisotopic (exact) mass is 275 g/mol. The highest BCUT2D eigenvalue weighted by Gasteiger charge is 2.30. The first-order chi connectivity index (χ1) is 10.2. The van der Waals surface area contributed by atoms with Crippen molar-refractivity contribution in [2.45, 2.75) is 6.54 Å². The fourth-order valence-electron chi connectivity index (χ4n) is 2.92.